The third-order valence-corrected chi connectivity index (χ3v) is 3.88. The molecule has 1 aliphatic carbocycles. The highest BCUT2D eigenvalue weighted by Crippen LogP contribution is 2.49. The van der Waals surface area contributed by atoms with Crippen molar-refractivity contribution >= 4 is 11.6 Å². The molecule has 1 N–H and O–H groups in total. The van der Waals surface area contributed by atoms with Crippen LogP contribution >= 0.6 is 0 Å². The van der Waals surface area contributed by atoms with Crippen LogP contribution in [0.1, 0.15) is 24.0 Å². The Morgan fingerprint density at radius 3 is 2.48 bits per heavy atom. The number of benzene rings is 2. The molecule has 0 radical (unpaired) electrons. The molecule has 3 nitrogen and oxygen atoms in total. The first-order valence-corrected chi connectivity index (χ1v) is 6.73. The summed E-state index contributed by atoms with van der Waals surface area (Å²) in [5, 5.41) is 11.7. The Morgan fingerprint density at radius 2 is 1.86 bits per heavy atom. The van der Waals surface area contributed by atoms with Gasteiger partial charge in [-0.1, -0.05) is 36.4 Å². The van der Waals surface area contributed by atoms with Gasteiger partial charge in [0.15, 0.2) is 0 Å². The number of anilines is 1. The summed E-state index contributed by atoms with van der Waals surface area (Å²) >= 11 is 0. The van der Waals surface area contributed by atoms with E-state index in [0.717, 1.165) is 18.4 Å². The zero-order chi connectivity index (χ0) is 14.9. The predicted octanol–water partition coefficient (Wildman–Crippen LogP) is 3.37. The normalized spacial score (nSPS) is 15.0. The largest absolute Gasteiger partial charge is 0.324 e. The molecule has 0 aliphatic heterocycles. The second-order valence-corrected chi connectivity index (χ2v) is 5.18. The van der Waals surface area contributed by atoms with Gasteiger partial charge in [0.2, 0.25) is 5.91 Å². The van der Waals surface area contributed by atoms with E-state index in [4.69, 9.17) is 5.26 Å². The van der Waals surface area contributed by atoms with E-state index in [-0.39, 0.29) is 17.2 Å². The minimum absolute atomic E-state index is 0.130. The van der Waals surface area contributed by atoms with E-state index < -0.39 is 11.2 Å². The average molecular weight is 280 g/mol. The molecule has 104 valence electrons. The molecule has 1 amide bonds. The van der Waals surface area contributed by atoms with Crippen LogP contribution in [0.5, 0.6) is 0 Å². The van der Waals surface area contributed by atoms with Crippen molar-refractivity contribution in [1.29, 1.82) is 5.26 Å². The lowest BCUT2D eigenvalue weighted by Gasteiger charge is -2.16. The van der Waals surface area contributed by atoms with Gasteiger partial charge in [-0.25, -0.2) is 4.39 Å². The number of hydrogen-bond acceptors (Lipinski definition) is 2. The maximum absolute atomic E-state index is 13.6. The van der Waals surface area contributed by atoms with Crippen LogP contribution in [0.2, 0.25) is 0 Å². The van der Waals surface area contributed by atoms with Crippen LogP contribution in [0.15, 0.2) is 48.5 Å². The van der Waals surface area contributed by atoms with E-state index in [1.165, 1.54) is 12.1 Å². The van der Waals surface area contributed by atoms with Crippen LogP contribution in [-0.4, -0.2) is 5.91 Å². The maximum Gasteiger partial charge on any atom is 0.235 e. The Kier molecular flexibility index (Phi) is 3.19. The van der Waals surface area contributed by atoms with Crippen molar-refractivity contribution < 1.29 is 9.18 Å². The number of halogens is 1. The summed E-state index contributed by atoms with van der Waals surface area (Å²) < 4.78 is 13.6. The fraction of sp³-hybridized carbons (Fsp3) is 0.176. The van der Waals surface area contributed by atoms with Gasteiger partial charge in [-0.15, -0.1) is 0 Å². The van der Waals surface area contributed by atoms with Crippen molar-refractivity contribution in [2.75, 3.05) is 5.32 Å². The number of carbonyl (C=O) groups excluding carboxylic acids is 1. The number of nitrogens with zero attached hydrogens (tertiary/aromatic N) is 1. The third-order valence-electron chi connectivity index (χ3n) is 3.88. The summed E-state index contributed by atoms with van der Waals surface area (Å²) in [6.45, 7) is 0. The maximum atomic E-state index is 13.6. The van der Waals surface area contributed by atoms with Gasteiger partial charge in [-0.3, -0.25) is 4.79 Å². The van der Waals surface area contributed by atoms with Crippen molar-refractivity contribution in [1.82, 2.24) is 0 Å². The molecule has 0 unspecified atom stereocenters. The van der Waals surface area contributed by atoms with Gasteiger partial charge < -0.3 is 5.32 Å². The molecule has 2 aromatic rings. The summed E-state index contributed by atoms with van der Waals surface area (Å²) in [6, 6.07) is 15.5. The quantitative estimate of drug-likeness (QED) is 0.937. The average Bonchev–Trinajstić information content (AvgIpc) is 3.30. The van der Waals surface area contributed by atoms with Crippen LogP contribution in [0.25, 0.3) is 0 Å². The Hall–Kier alpha value is -2.67. The molecule has 3 rings (SSSR count). The SMILES string of the molecule is N#Cc1c(F)cccc1NC(=O)C1(c2ccccc2)CC1. The van der Waals surface area contributed by atoms with E-state index in [1.807, 2.05) is 30.3 Å². The summed E-state index contributed by atoms with van der Waals surface area (Å²) in [5.74, 6) is -0.810. The highest BCUT2D eigenvalue weighted by Gasteiger charge is 2.51. The standard InChI is InChI=1S/C17H13FN2O/c18-14-7-4-8-15(13(14)11-19)20-16(21)17(9-10-17)12-5-2-1-3-6-12/h1-8H,9-10H2,(H,20,21). The second-order valence-electron chi connectivity index (χ2n) is 5.18. The van der Waals surface area contributed by atoms with Crippen molar-refractivity contribution in [3.63, 3.8) is 0 Å². The van der Waals surface area contributed by atoms with Crippen LogP contribution in [0.3, 0.4) is 0 Å². The van der Waals surface area contributed by atoms with E-state index in [0.29, 0.717) is 0 Å². The highest BCUT2D eigenvalue weighted by molar-refractivity contribution is 6.02. The molecular weight excluding hydrogens is 267 g/mol. The number of nitriles is 1. The fourth-order valence-corrected chi connectivity index (χ4v) is 2.51. The van der Waals surface area contributed by atoms with Crippen molar-refractivity contribution in [3.05, 3.63) is 65.5 Å². The van der Waals surface area contributed by atoms with Gasteiger partial charge in [0.1, 0.15) is 17.4 Å². The molecule has 0 spiro atoms. The summed E-state index contributed by atoms with van der Waals surface area (Å²) in [6.07, 6.45) is 1.53. The van der Waals surface area contributed by atoms with E-state index in [9.17, 15) is 9.18 Å². The summed E-state index contributed by atoms with van der Waals surface area (Å²) in [4.78, 5) is 12.5. The van der Waals surface area contributed by atoms with Crippen LogP contribution < -0.4 is 5.32 Å². The number of carbonyl (C=O) groups is 1. The van der Waals surface area contributed by atoms with Gasteiger partial charge in [-0.05, 0) is 30.5 Å². The first-order chi connectivity index (χ1) is 10.2. The monoisotopic (exact) mass is 280 g/mol. The number of nitrogens with one attached hydrogen (secondary N) is 1. The summed E-state index contributed by atoms with van der Waals surface area (Å²) in [5.41, 5.74) is 0.511. The molecule has 0 atom stereocenters. The zero-order valence-electron chi connectivity index (χ0n) is 11.3. The Morgan fingerprint density at radius 1 is 1.14 bits per heavy atom. The lowest BCUT2D eigenvalue weighted by atomic mass is 9.95. The Labute approximate surface area is 122 Å². The number of amides is 1. The molecule has 1 saturated carbocycles. The third kappa shape index (κ3) is 2.27. The smallest absolute Gasteiger partial charge is 0.235 e. The molecule has 4 heteroatoms. The number of hydrogen-bond donors (Lipinski definition) is 1. The molecule has 0 bridgehead atoms. The van der Waals surface area contributed by atoms with Gasteiger partial charge in [0, 0.05) is 0 Å². The van der Waals surface area contributed by atoms with Crippen molar-refractivity contribution in [2.45, 2.75) is 18.3 Å². The molecule has 0 saturated heterocycles. The topological polar surface area (TPSA) is 52.9 Å². The predicted molar refractivity (Wildman–Crippen MR) is 77.1 cm³/mol. The van der Waals surface area contributed by atoms with Gasteiger partial charge in [0.05, 0.1) is 11.1 Å². The summed E-state index contributed by atoms with van der Waals surface area (Å²) in [7, 11) is 0. The highest BCUT2D eigenvalue weighted by atomic mass is 19.1. The minimum atomic E-state index is -0.625. The molecule has 0 heterocycles. The van der Waals surface area contributed by atoms with E-state index in [2.05, 4.69) is 5.32 Å². The minimum Gasteiger partial charge on any atom is -0.324 e. The fourth-order valence-electron chi connectivity index (χ4n) is 2.51. The van der Waals surface area contributed by atoms with Crippen molar-refractivity contribution in [3.8, 4) is 6.07 Å². The van der Waals surface area contributed by atoms with E-state index >= 15 is 0 Å². The first kappa shape index (κ1) is 13.3. The van der Waals surface area contributed by atoms with Crippen molar-refractivity contribution in [2.24, 2.45) is 0 Å². The molecule has 0 aromatic heterocycles. The van der Waals surface area contributed by atoms with E-state index in [1.54, 1.807) is 12.1 Å². The molecule has 1 fully saturated rings. The van der Waals surface area contributed by atoms with Crippen LogP contribution in [0.4, 0.5) is 10.1 Å². The second kappa shape index (κ2) is 5.02. The number of rotatable bonds is 3. The molecule has 21 heavy (non-hydrogen) atoms. The molecule has 1 aliphatic rings. The lowest BCUT2D eigenvalue weighted by Crippen LogP contribution is -2.28. The van der Waals surface area contributed by atoms with Gasteiger partial charge >= 0.3 is 0 Å². The molecular formula is C17H13FN2O. The van der Waals surface area contributed by atoms with Crippen LogP contribution in [-0.2, 0) is 10.2 Å². The van der Waals surface area contributed by atoms with Gasteiger partial charge in [-0.2, -0.15) is 5.26 Å². The Balaban J connectivity index is 1.89. The lowest BCUT2D eigenvalue weighted by molar-refractivity contribution is -0.118. The van der Waals surface area contributed by atoms with Crippen LogP contribution in [0, 0.1) is 17.1 Å². The first-order valence-electron chi connectivity index (χ1n) is 6.73. The zero-order valence-corrected chi connectivity index (χ0v) is 11.3. The van der Waals surface area contributed by atoms with Gasteiger partial charge in [0.25, 0.3) is 0 Å². The molecule has 2 aromatic carbocycles. The Bertz CT molecular complexity index is 730.